The van der Waals surface area contributed by atoms with Crippen molar-refractivity contribution in [3.8, 4) is 0 Å². The van der Waals surface area contributed by atoms with Gasteiger partial charge < -0.3 is 0 Å². The van der Waals surface area contributed by atoms with Crippen LogP contribution in [0.4, 0.5) is 4.39 Å². The standard InChI is InChI=1S/C13H15FO/c1-13(2,12(15)9-3-4-9)10-5-7-11(14)8-6-10/h5-9H,3-4H2,1-2H3. The number of hydrogen-bond donors (Lipinski definition) is 0. The summed E-state index contributed by atoms with van der Waals surface area (Å²) in [5, 5.41) is 0. The minimum absolute atomic E-state index is 0.241. The van der Waals surface area contributed by atoms with Crippen LogP contribution in [0.25, 0.3) is 0 Å². The predicted molar refractivity (Wildman–Crippen MR) is 57.2 cm³/mol. The summed E-state index contributed by atoms with van der Waals surface area (Å²) in [6.45, 7) is 3.84. The molecule has 2 rings (SSSR count). The van der Waals surface area contributed by atoms with Gasteiger partial charge in [-0.15, -0.1) is 0 Å². The second-order valence-corrected chi connectivity index (χ2v) is 4.77. The largest absolute Gasteiger partial charge is 0.298 e. The number of Topliss-reactive ketones (excluding diaryl/α,β-unsaturated/α-hetero) is 1. The third kappa shape index (κ3) is 1.94. The highest BCUT2D eigenvalue weighted by Gasteiger charge is 2.40. The molecule has 0 spiro atoms. The van der Waals surface area contributed by atoms with Gasteiger partial charge in [-0.25, -0.2) is 4.39 Å². The molecule has 0 saturated heterocycles. The lowest BCUT2D eigenvalue weighted by atomic mass is 9.79. The molecule has 15 heavy (non-hydrogen) atoms. The molecule has 1 saturated carbocycles. The highest BCUT2D eigenvalue weighted by atomic mass is 19.1. The first-order valence-electron chi connectivity index (χ1n) is 5.32. The van der Waals surface area contributed by atoms with Crippen molar-refractivity contribution in [2.24, 2.45) is 5.92 Å². The molecule has 0 heterocycles. The van der Waals surface area contributed by atoms with E-state index in [9.17, 15) is 9.18 Å². The van der Waals surface area contributed by atoms with Gasteiger partial charge in [-0.1, -0.05) is 12.1 Å². The molecule has 0 N–H and O–H groups in total. The number of hydrogen-bond acceptors (Lipinski definition) is 1. The van der Waals surface area contributed by atoms with Crippen LogP contribution in [0.2, 0.25) is 0 Å². The third-order valence-electron chi connectivity index (χ3n) is 3.13. The molecule has 1 fully saturated rings. The van der Waals surface area contributed by atoms with Gasteiger partial charge in [0.2, 0.25) is 0 Å². The SMILES string of the molecule is CC(C)(C(=O)C1CC1)c1ccc(F)cc1. The van der Waals surface area contributed by atoms with Gasteiger partial charge in [-0.3, -0.25) is 4.79 Å². The summed E-state index contributed by atoms with van der Waals surface area (Å²) in [6.07, 6.45) is 2.03. The molecule has 80 valence electrons. The third-order valence-corrected chi connectivity index (χ3v) is 3.13. The minimum atomic E-state index is -0.477. The topological polar surface area (TPSA) is 17.1 Å². The maximum absolute atomic E-state index is 12.8. The Kier molecular flexibility index (Phi) is 2.37. The monoisotopic (exact) mass is 206 g/mol. The quantitative estimate of drug-likeness (QED) is 0.742. The number of ketones is 1. The van der Waals surface area contributed by atoms with Crippen LogP contribution < -0.4 is 0 Å². The van der Waals surface area contributed by atoms with E-state index in [2.05, 4.69) is 0 Å². The predicted octanol–water partition coefficient (Wildman–Crippen LogP) is 3.08. The lowest BCUT2D eigenvalue weighted by molar-refractivity contribution is -0.124. The van der Waals surface area contributed by atoms with Crippen molar-refractivity contribution in [2.75, 3.05) is 0 Å². The molecule has 1 aliphatic rings. The highest BCUT2D eigenvalue weighted by Crippen LogP contribution is 2.38. The first-order chi connectivity index (χ1) is 7.01. The highest BCUT2D eigenvalue weighted by molar-refractivity contribution is 5.92. The van der Waals surface area contributed by atoms with Crippen LogP contribution in [0.5, 0.6) is 0 Å². The van der Waals surface area contributed by atoms with Gasteiger partial charge in [-0.05, 0) is 44.4 Å². The zero-order chi connectivity index (χ0) is 11.1. The van der Waals surface area contributed by atoms with Crippen LogP contribution in [0.3, 0.4) is 0 Å². The summed E-state index contributed by atoms with van der Waals surface area (Å²) in [5.41, 5.74) is 0.426. The minimum Gasteiger partial charge on any atom is -0.298 e. The summed E-state index contributed by atoms with van der Waals surface area (Å²) in [7, 11) is 0. The Morgan fingerprint density at radius 3 is 2.27 bits per heavy atom. The van der Waals surface area contributed by atoms with Crippen molar-refractivity contribution in [2.45, 2.75) is 32.1 Å². The van der Waals surface area contributed by atoms with Crippen molar-refractivity contribution < 1.29 is 9.18 Å². The van der Waals surface area contributed by atoms with Gasteiger partial charge >= 0.3 is 0 Å². The van der Waals surface area contributed by atoms with Crippen molar-refractivity contribution >= 4 is 5.78 Å². The van der Waals surface area contributed by atoms with Crippen molar-refractivity contribution in [1.29, 1.82) is 0 Å². The van der Waals surface area contributed by atoms with Gasteiger partial charge in [0.1, 0.15) is 11.6 Å². The fourth-order valence-electron chi connectivity index (χ4n) is 1.86. The van der Waals surface area contributed by atoms with Crippen LogP contribution >= 0.6 is 0 Å². The Labute approximate surface area is 89.3 Å². The van der Waals surface area contributed by atoms with Crippen LogP contribution in [0.1, 0.15) is 32.3 Å². The molecular weight excluding hydrogens is 191 g/mol. The van der Waals surface area contributed by atoms with Crippen molar-refractivity contribution in [1.82, 2.24) is 0 Å². The molecule has 0 aliphatic heterocycles. The van der Waals surface area contributed by atoms with Crippen LogP contribution in [-0.2, 0) is 10.2 Å². The lowest BCUT2D eigenvalue weighted by Crippen LogP contribution is -2.30. The van der Waals surface area contributed by atoms with E-state index in [1.54, 1.807) is 12.1 Å². The molecule has 1 nitrogen and oxygen atoms in total. The Hall–Kier alpha value is -1.18. The van der Waals surface area contributed by atoms with Crippen LogP contribution in [-0.4, -0.2) is 5.78 Å². The average molecular weight is 206 g/mol. The summed E-state index contributed by atoms with van der Waals surface area (Å²) in [5.74, 6) is 0.271. The van der Waals surface area contributed by atoms with Gasteiger partial charge in [0.25, 0.3) is 0 Å². The fourth-order valence-corrected chi connectivity index (χ4v) is 1.86. The number of rotatable bonds is 3. The van der Waals surface area contributed by atoms with E-state index in [1.165, 1.54) is 12.1 Å². The molecule has 0 atom stereocenters. The Bertz CT molecular complexity index is 374. The lowest BCUT2D eigenvalue weighted by Gasteiger charge is -2.23. The van der Waals surface area contributed by atoms with Crippen molar-refractivity contribution in [3.05, 3.63) is 35.6 Å². The molecule has 0 radical (unpaired) electrons. The Morgan fingerprint density at radius 1 is 1.27 bits per heavy atom. The average Bonchev–Trinajstić information content (AvgIpc) is 3.00. The molecule has 0 unspecified atom stereocenters. The smallest absolute Gasteiger partial charge is 0.145 e. The first kappa shape index (κ1) is 10.3. The van der Waals surface area contributed by atoms with E-state index in [-0.39, 0.29) is 17.5 Å². The van der Waals surface area contributed by atoms with Crippen molar-refractivity contribution in [3.63, 3.8) is 0 Å². The second-order valence-electron chi connectivity index (χ2n) is 4.77. The summed E-state index contributed by atoms with van der Waals surface area (Å²) >= 11 is 0. The van der Waals surface area contributed by atoms with Gasteiger partial charge in [0.05, 0.1) is 0 Å². The molecule has 0 bridgehead atoms. The van der Waals surface area contributed by atoms with Gasteiger partial charge in [-0.2, -0.15) is 0 Å². The summed E-state index contributed by atoms with van der Waals surface area (Å²) in [4.78, 5) is 12.0. The first-order valence-corrected chi connectivity index (χ1v) is 5.32. The van der Waals surface area contributed by atoms with Gasteiger partial charge in [0, 0.05) is 11.3 Å². The second kappa shape index (κ2) is 3.44. The van der Waals surface area contributed by atoms with E-state index < -0.39 is 5.41 Å². The molecule has 1 aliphatic carbocycles. The van der Waals surface area contributed by atoms with E-state index >= 15 is 0 Å². The Morgan fingerprint density at radius 2 is 1.80 bits per heavy atom. The molecule has 2 heteroatoms. The maximum atomic E-state index is 12.8. The van der Waals surface area contributed by atoms with Gasteiger partial charge in [0.15, 0.2) is 0 Å². The zero-order valence-corrected chi connectivity index (χ0v) is 9.09. The fraction of sp³-hybridized carbons (Fsp3) is 0.462. The molecule has 0 aromatic heterocycles. The maximum Gasteiger partial charge on any atom is 0.145 e. The summed E-state index contributed by atoms with van der Waals surface area (Å²) < 4.78 is 12.8. The number of carbonyl (C=O) groups excluding carboxylic acids is 1. The number of benzene rings is 1. The van der Waals surface area contributed by atoms with E-state index in [0.717, 1.165) is 18.4 Å². The molecule has 0 amide bonds. The van der Waals surface area contributed by atoms with Crippen LogP contribution in [0, 0.1) is 11.7 Å². The Balaban J connectivity index is 2.27. The van der Waals surface area contributed by atoms with E-state index in [4.69, 9.17) is 0 Å². The molecule has 1 aromatic carbocycles. The summed E-state index contributed by atoms with van der Waals surface area (Å²) in [6, 6.07) is 6.24. The normalized spacial score (nSPS) is 16.5. The number of carbonyl (C=O) groups is 1. The van der Waals surface area contributed by atoms with E-state index in [0.29, 0.717) is 0 Å². The molecule has 1 aromatic rings. The molecular formula is C13H15FO. The van der Waals surface area contributed by atoms with E-state index in [1.807, 2.05) is 13.8 Å². The number of halogens is 1. The van der Waals surface area contributed by atoms with Crippen LogP contribution in [0.15, 0.2) is 24.3 Å². The zero-order valence-electron chi connectivity index (χ0n) is 9.09.